The maximum absolute atomic E-state index is 13.2. The first-order chi connectivity index (χ1) is 17.1. The fraction of sp³-hybridized carbons (Fsp3) is 0.217. The number of hydrogen-bond donors (Lipinski definition) is 2. The Bertz CT molecular complexity index is 1340. The summed E-state index contributed by atoms with van der Waals surface area (Å²) in [5.74, 6) is -0.352. The molecule has 2 N–H and O–H groups in total. The molecule has 1 aliphatic heterocycles. The van der Waals surface area contributed by atoms with E-state index < -0.39 is 12.1 Å². The van der Waals surface area contributed by atoms with E-state index in [1.807, 2.05) is 0 Å². The van der Waals surface area contributed by atoms with Gasteiger partial charge in [0, 0.05) is 30.5 Å². The first kappa shape index (κ1) is 25.6. The minimum atomic E-state index is -4.83. The lowest BCUT2D eigenvalue weighted by molar-refractivity contribution is -0.274. The zero-order chi connectivity index (χ0) is 25.9. The normalized spacial score (nSPS) is 12.7. The third kappa shape index (κ3) is 6.40. The highest BCUT2D eigenvalue weighted by atomic mass is 32.2. The third-order valence-corrected chi connectivity index (χ3v) is 6.86. The molecular weight excluding hydrogens is 517 g/mol. The standard InChI is InChI=1S/C23H19F3N4O4S2/c1-13(31)27-14-2-4-15(5-3-14)28-19(32)12-36-22-29-18-10-11-35-20(18)21(33)30(22)16-6-8-17(9-7-16)34-23(24,25)26/h2-9H,10-12H2,1H3,(H,27,31)(H,28,32). The van der Waals surface area contributed by atoms with Crippen LogP contribution in [0.1, 0.15) is 12.6 Å². The lowest BCUT2D eigenvalue weighted by Crippen LogP contribution is -2.24. The number of rotatable bonds is 7. The molecule has 2 amide bonds. The Kier molecular flexibility index (Phi) is 7.59. The summed E-state index contributed by atoms with van der Waals surface area (Å²) in [6.45, 7) is 1.39. The number of benzene rings is 2. The molecule has 13 heteroatoms. The number of carbonyl (C=O) groups is 2. The van der Waals surface area contributed by atoms with Gasteiger partial charge in [0.25, 0.3) is 5.56 Å². The molecule has 0 atom stereocenters. The number of ether oxygens (including phenoxy) is 1. The second-order valence-electron chi connectivity index (χ2n) is 7.55. The number of thioether (sulfide) groups is 2. The number of hydrogen-bond acceptors (Lipinski definition) is 7. The van der Waals surface area contributed by atoms with Gasteiger partial charge in [-0.25, -0.2) is 4.98 Å². The van der Waals surface area contributed by atoms with Crippen molar-refractivity contribution in [2.75, 3.05) is 22.1 Å². The van der Waals surface area contributed by atoms with Gasteiger partial charge in [0.1, 0.15) is 5.75 Å². The first-order valence-corrected chi connectivity index (χ1v) is 12.5. The highest BCUT2D eigenvalue weighted by Gasteiger charge is 2.31. The van der Waals surface area contributed by atoms with E-state index in [1.54, 1.807) is 24.3 Å². The van der Waals surface area contributed by atoms with Crippen molar-refractivity contribution in [3.8, 4) is 11.4 Å². The molecule has 36 heavy (non-hydrogen) atoms. The van der Waals surface area contributed by atoms with Gasteiger partial charge in [0.2, 0.25) is 11.8 Å². The number of aryl methyl sites for hydroxylation is 1. The maximum atomic E-state index is 13.2. The smallest absolute Gasteiger partial charge is 0.406 e. The quantitative estimate of drug-likeness (QED) is 0.339. The molecule has 0 aliphatic carbocycles. The Morgan fingerprint density at radius 2 is 1.72 bits per heavy atom. The molecule has 0 spiro atoms. The predicted molar refractivity (Wildman–Crippen MR) is 131 cm³/mol. The monoisotopic (exact) mass is 536 g/mol. The van der Waals surface area contributed by atoms with Crippen molar-refractivity contribution in [3.05, 3.63) is 64.6 Å². The molecule has 3 aromatic rings. The zero-order valence-electron chi connectivity index (χ0n) is 18.7. The summed E-state index contributed by atoms with van der Waals surface area (Å²) in [4.78, 5) is 41.9. The second-order valence-corrected chi connectivity index (χ2v) is 9.59. The van der Waals surface area contributed by atoms with Crippen LogP contribution in [0.15, 0.2) is 63.4 Å². The van der Waals surface area contributed by atoms with Crippen LogP contribution in [0, 0.1) is 0 Å². The van der Waals surface area contributed by atoms with Crippen molar-refractivity contribution in [1.29, 1.82) is 0 Å². The Morgan fingerprint density at radius 1 is 1.08 bits per heavy atom. The van der Waals surface area contributed by atoms with Crippen LogP contribution in [-0.2, 0) is 16.0 Å². The van der Waals surface area contributed by atoms with E-state index in [0.717, 1.165) is 23.9 Å². The Morgan fingerprint density at radius 3 is 2.33 bits per heavy atom. The minimum Gasteiger partial charge on any atom is -0.406 e. The largest absolute Gasteiger partial charge is 0.573 e. The molecule has 0 bridgehead atoms. The van der Waals surface area contributed by atoms with Gasteiger partial charge in [-0.05, 0) is 48.5 Å². The van der Waals surface area contributed by atoms with Crippen molar-refractivity contribution in [2.24, 2.45) is 0 Å². The summed E-state index contributed by atoms with van der Waals surface area (Å²) < 4.78 is 42.7. The molecule has 0 fully saturated rings. The van der Waals surface area contributed by atoms with Crippen molar-refractivity contribution in [3.63, 3.8) is 0 Å². The Labute approximate surface area is 211 Å². The fourth-order valence-corrected chi connectivity index (χ4v) is 5.23. The molecular formula is C23H19F3N4O4S2. The molecule has 0 radical (unpaired) electrons. The molecule has 4 rings (SSSR count). The number of aromatic nitrogens is 2. The van der Waals surface area contributed by atoms with Gasteiger partial charge in [-0.1, -0.05) is 11.8 Å². The van der Waals surface area contributed by atoms with Crippen LogP contribution in [0.25, 0.3) is 5.69 Å². The summed E-state index contributed by atoms with van der Waals surface area (Å²) >= 11 is 2.41. The van der Waals surface area contributed by atoms with Gasteiger partial charge in [-0.2, -0.15) is 0 Å². The van der Waals surface area contributed by atoms with E-state index in [2.05, 4.69) is 20.4 Å². The summed E-state index contributed by atoms with van der Waals surface area (Å²) in [7, 11) is 0. The second kappa shape index (κ2) is 10.7. The highest BCUT2D eigenvalue weighted by molar-refractivity contribution is 8.00. The van der Waals surface area contributed by atoms with Gasteiger partial charge in [0.05, 0.1) is 22.0 Å². The topological polar surface area (TPSA) is 102 Å². The molecule has 2 heterocycles. The van der Waals surface area contributed by atoms with Crippen LogP contribution in [0.3, 0.4) is 0 Å². The van der Waals surface area contributed by atoms with E-state index in [0.29, 0.717) is 39.8 Å². The Balaban J connectivity index is 1.52. The molecule has 0 unspecified atom stereocenters. The third-order valence-electron chi connectivity index (χ3n) is 4.82. The minimum absolute atomic E-state index is 0.0684. The molecule has 1 aromatic heterocycles. The van der Waals surface area contributed by atoms with Gasteiger partial charge in [0.15, 0.2) is 5.16 Å². The van der Waals surface area contributed by atoms with Crippen LogP contribution in [0.2, 0.25) is 0 Å². The Hall–Kier alpha value is -3.45. The number of amides is 2. The van der Waals surface area contributed by atoms with Gasteiger partial charge < -0.3 is 15.4 Å². The molecule has 0 saturated heterocycles. The summed E-state index contributed by atoms with van der Waals surface area (Å²) in [5.41, 5.74) is 1.70. The number of carbonyl (C=O) groups excluding carboxylic acids is 2. The number of fused-ring (bicyclic) bond motifs is 1. The zero-order valence-corrected chi connectivity index (χ0v) is 20.4. The van der Waals surface area contributed by atoms with Crippen LogP contribution in [0.5, 0.6) is 5.75 Å². The number of nitrogens with one attached hydrogen (secondary N) is 2. The molecule has 2 aromatic carbocycles. The average Bonchev–Trinajstić information content (AvgIpc) is 3.28. The van der Waals surface area contributed by atoms with Crippen LogP contribution < -0.4 is 20.9 Å². The number of alkyl halides is 3. The van der Waals surface area contributed by atoms with Crippen LogP contribution in [-0.4, -0.2) is 39.2 Å². The number of halogens is 3. The summed E-state index contributed by atoms with van der Waals surface area (Å²) in [6, 6.07) is 11.5. The van der Waals surface area contributed by atoms with Crippen LogP contribution >= 0.6 is 23.5 Å². The maximum Gasteiger partial charge on any atom is 0.573 e. The number of nitrogens with zero attached hydrogens (tertiary/aromatic N) is 2. The predicted octanol–water partition coefficient (Wildman–Crippen LogP) is 4.47. The van der Waals surface area contributed by atoms with E-state index in [4.69, 9.17) is 0 Å². The van der Waals surface area contributed by atoms with E-state index in [9.17, 15) is 27.6 Å². The van der Waals surface area contributed by atoms with Gasteiger partial charge in [-0.3, -0.25) is 19.0 Å². The van der Waals surface area contributed by atoms with Gasteiger partial charge >= 0.3 is 6.36 Å². The van der Waals surface area contributed by atoms with Crippen molar-refractivity contribution in [1.82, 2.24) is 9.55 Å². The average molecular weight is 537 g/mol. The highest BCUT2D eigenvalue weighted by Crippen LogP contribution is 2.31. The van der Waals surface area contributed by atoms with E-state index in [-0.39, 0.29) is 28.3 Å². The van der Waals surface area contributed by atoms with Crippen molar-refractivity contribution < 1.29 is 27.5 Å². The summed E-state index contributed by atoms with van der Waals surface area (Å²) in [6.07, 6.45) is -4.22. The van der Waals surface area contributed by atoms with Crippen LogP contribution in [0.4, 0.5) is 24.5 Å². The fourth-order valence-electron chi connectivity index (χ4n) is 3.38. The molecule has 8 nitrogen and oxygen atoms in total. The SMILES string of the molecule is CC(=O)Nc1ccc(NC(=O)CSc2nc3c(c(=O)n2-c2ccc(OC(F)(F)F)cc2)SCC3)cc1. The molecule has 188 valence electrons. The summed E-state index contributed by atoms with van der Waals surface area (Å²) in [5, 5.41) is 5.62. The van der Waals surface area contributed by atoms with Gasteiger partial charge in [-0.15, -0.1) is 24.9 Å². The van der Waals surface area contributed by atoms with Crippen molar-refractivity contribution >= 4 is 46.7 Å². The van der Waals surface area contributed by atoms with Crippen molar-refractivity contribution in [2.45, 2.75) is 29.8 Å². The number of anilines is 2. The molecule has 1 aliphatic rings. The lowest BCUT2D eigenvalue weighted by Gasteiger charge is -2.15. The molecule has 0 saturated carbocycles. The lowest BCUT2D eigenvalue weighted by atomic mass is 10.3. The van der Waals surface area contributed by atoms with E-state index >= 15 is 0 Å². The first-order valence-electron chi connectivity index (χ1n) is 10.5. The van der Waals surface area contributed by atoms with E-state index in [1.165, 1.54) is 35.4 Å².